The molecule has 2 aromatic rings. The fourth-order valence-corrected chi connectivity index (χ4v) is 5.70. The summed E-state index contributed by atoms with van der Waals surface area (Å²) in [5.74, 6) is -0.276. The minimum absolute atomic E-state index is 0.0811. The number of benzene rings is 2. The van der Waals surface area contributed by atoms with Crippen LogP contribution in [0.1, 0.15) is 31.7 Å². The summed E-state index contributed by atoms with van der Waals surface area (Å²) >= 11 is 6.02. The Balaban J connectivity index is 1.42. The first-order valence-electron chi connectivity index (χ1n) is 10.9. The van der Waals surface area contributed by atoms with Crippen molar-refractivity contribution in [2.24, 2.45) is 5.92 Å². The van der Waals surface area contributed by atoms with Crippen LogP contribution in [0.4, 0.5) is 11.4 Å². The van der Waals surface area contributed by atoms with Gasteiger partial charge >= 0.3 is 0 Å². The number of amides is 2. The second-order valence-electron chi connectivity index (χ2n) is 8.29. The number of sulfonamides is 1. The number of nitrogens with one attached hydrogen (secondary N) is 2. The monoisotopic (exact) mass is 491 g/mol. The Morgan fingerprint density at radius 2 is 1.94 bits per heavy atom. The highest BCUT2D eigenvalue weighted by Crippen LogP contribution is 2.34. The number of piperidine rings is 1. The number of anilines is 2. The molecule has 0 radical (unpaired) electrons. The van der Waals surface area contributed by atoms with E-state index in [1.807, 2.05) is 19.9 Å². The molecule has 0 saturated carbocycles. The van der Waals surface area contributed by atoms with Gasteiger partial charge in [-0.1, -0.05) is 24.6 Å². The molecule has 0 aliphatic carbocycles. The summed E-state index contributed by atoms with van der Waals surface area (Å²) in [5.41, 5.74) is 1.91. The lowest BCUT2D eigenvalue weighted by Crippen LogP contribution is -2.41. The number of carbonyl (C=O) groups is 2. The maximum Gasteiger partial charge on any atom is 0.265 e. The first-order chi connectivity index (χ1) is 15.7. The van der Waals surface area contributed by atoms with Crippen molar-refractivity contribution in [3.8, 4) is 5.75 Å². The van der Waals surface area contributed by atoms with Crippen molar-refractivity contribution >= 4 is 44.8 Å². The molecular formula is C23H26ClN3O5S. The second-order valence-corrected chi connectivity index (χ2v) is 10.7. The number of ether oxygens (including phenoxy) is 1. The summed E-state index contributed by atoms with van der Waals surface area (Å²) in [6.07, 6.45) is 0.757. The van der Waals surface area contributed by atoms with E-state index in [1.54, 1.807) is 18.2 Å². The zero-order chi connectivity index (χ0) is 23.8. The number of rotatable bonds is 5. The van der Waals surface area contributed by atoms with E-state index in [4.69, 9.17) is 16.3 Å². The van der Waals surface area contributed by atoms with Crippen LogP contribution in [-0.4, -0.2) is 43.7 Å². The van der Waals surface area contributed by atoms with Gasteiger partial charge < -0.3 is 15.4 Å². The molecule has 2 aromatic carbocycles. The van der Waals surface area contributed by atoms with E-state index in [0.29, 0.717) is 41.4 Å². The van der Waals surface area contributed by atoms with Crippen molar-refractivity contribution in [1.82, 2.24) is 4.31 Å². The SMILES string of the molecule is CC[C@@H]1Oc2ccc(S(=O)(=O)N3CCC(C(=O)Nc4cc(Cl)ccc4C)CC3)cc2NC1=O. The number of halogens is 1. The van der Waals surface area contributed by atoms with Crippen LogP contribution >= 0.6 is 11.6 Å². The van der Waals surface area contributed by atoms with Gasteiger partial charge in [-0.25, -0.2) is 8.42 Å². The normalized spacial score (nSPS) is 19.4. The molecule has 176 valence electrons. The number of nitrogens with zero attached hydrogens (tertiary/aromatic N) is 1. The Bertz CT molecular complexity index is 1190. The van der Waals surface area contributed by atoms with Crippen molar-refractivity contribution in [2.45, 2.75) is 44.1 Å². The Hall–Kier alpha value is -2.62. The van der Waals surface area contributed by atoms with Crippen LogP contribution in [0.5, 0.6) is 5.75 Å². The van der Waals surface area contributed by atoms with Crippen LogP contribution in [-0.2, 0) is 19.6 Å². The summed E-state index contributed by atoms with van der Waals surface area (Å²) in [4.78, 5) is 24.9. The summed E-state index contributed by atoms with van der Waals surface area (Å²) in [6, 6.07) is 9.78. The highest BCUT2D eigenvalue weighted by molar-refractivity contribution is 7.89. The molecule has 2 N–H and O–H groups in total. The number of hydrogen-bond acceptors (Lipinski definition) is 5. The molecule has 2 heterocycles. The van der Waals surface area contributed by atoms with E-state index in [0.717, 1.165) is 5.56 Å². The predicted molar refractivity (Wildman–Crippen MR) is 126 cm³/mol. The zero-order valence-corrected chi connectivity index (χ0v) is 20.0. The van der Waals surface area contributed by atoms with Crippen LogP contribution in [0.2, 0.25) is 5.02 Å². The molecule has 0 unspecified atom stereocenters. The summed E-state index contributed by atoms with van der Waals surface area (Å²) in [5, 5.41) is 6.16. The van der Waals surface area contributed by atoms with Crippen molar-refractivity contribution in [3.05, 3.63) is 47.0 Å². The smallest absolute Gasteiger partial charge is 0.265 e. The highest BCUT2D eigenvalue weighted by atomic mass is 35.5. The third-order valence-electron chi connectivity index (χ3n) is 6.06. The third-order valence-corrected chi connectivity index (χ3v) is 8.19. The summed E-state index contributed by atoms with van der Waals surface area (Å²) in [6.45, 7) is 4.18. The molecule has 0 spiro atoms. The van der Waals surface area contributed by atoms with E-state index in [9.17, 15) is 18.0 Å². The fraction of sp³-hybridized carbons (Fsp3) is 0.391. The Labute approximate surface area is 198 Å². The standard InChI is InChI=1S/C23H26ClN3O5S/c1-3-20-23(29)26-19-13-17(6-7-21(19)32-20)33(30,31)27-10-8-15(9-11-27)22(28)25-18-12-16(24)5-4-14(18)2/h4-7,12-13,15,20H,3,8-11H2,1-2H3,(H,25,28)(H,26,29)/t20-/m0/s1. The van der Waals surface area contributed by atoms with E-state index in [2.05, 4.69) is 10.6 Å². The van der Waals surface area contributed by atoms with Crippen LogP contribution in [0.3, 0.4) is 0 Å². The van der Waals surface area contributed by atoms with E-state index in [-0.39, 0.29) is 35.7 Å². The van der Waals surface area contributed by atoms with Gasteiger partial charge in [0, 0.05) is 29.7 Å². The Morgan fingerprint density at radius 3 is 2.64 bits per heavy atom. The average molecular weight is 492 g/mol. The molecule has 1 saturated heterocycles. The fourth-order valence-electron chi connectivity index (χ4n) is 4.03. The zero-order valence-electron chi connectivity index (χ0n) is 18.4. The molecule has 10 heteroatoms. The van der Waals surface area contributed by atoms with E-state index in [1.165, 1.54) is 16.4 Å². The van der Waals surface area contributed by atoms with Crippen molar-refractivity contribution in [1.29, 1.82) is 0 Å². The number of hydrogen-bond donors (Lipinski definition) is 2. The van der Waals surface area contributed by atoms with Crippen LogP contribution in [0.15, 0.2) is 41.3 Å². The van der Waals surface area contributed by atoms with Crippen molar-refractivity contribution in [3.63, 3.8) is 0 Å². The molecule has 1 fully saturated rings. The van der Waals surface area contributed by atoms with Gasteiger partial charge in [0.25, 0.3) is 5.91 Å². The molecule has 4 rings (SSSR count). The van der Waals surface area contributed by atoms with Gasteiger partial charge in [0.15, 0.2) is 6.10 Å². The maximum absolute atomic E-state index is 13.2. The number of carbonyl (C=O) groups excluding carboxylic acids is 2. The van der Waals surface area contributed by atoms with Crippen molar-refractivity contribution in [2.75, 3.05) is 23.7 Å². The van der Waals surface area contributed by atoms with Crippen LogP contribution in [0, 0.1) is 12.8 Å². The molecule has 2 aliphatic heterocycles. The lowest BCUT2D eigenvalue weighted by Gasteiger charge is -2.31. The quantitative estimate of drug-likeness (QED) is 0.662. The summed E-state index contributed by atoms with van der Waals surface area (Å²) < 4.78 is 33.4. The van der Waals surface area contributed by atoms with Gasteiger partial charge in [0.05, 0.1) is 10.6 Å². The number of fused-ring (bicyclic) bond motifs is 1. The van der Waals surface area contributed by atoms with Gasteiger partial charge in [-0.3, -0.25) is 9.59 Å². The molecule has 0 bridgehead atoms. The molecule has 2 aliphatic rings. The van der Waals surface area contributed by atoms with Crippen LogP contribution in [0.25, 0.3) is 0 Å². The molecule has 33 heavy (non-hydrogen) atoms. The lowest BCUT2D eigenvalue weighted by molar-refractivity contribution is -0.123. The molecule has 8 nitrogen and oxygen atoms in total. The minimum Gasteiger partial charge on any atom is -0.478 e. The second kappa shape index (κ2) is 9.32. The maximum atomic E-state index is 13.2. The molecule has 2 amide bonds. The van der Waals surface area contributed by atoms with Gasteiger partial charge in [-0.05, 0) is 62.1 Å². The Morgan fingerprint density at radius 1 is 1.21 bits per heavy atom. The largest absolute Gasteiger partial charge is 0.478 e. The minimum atomic E-state index is -3.78. The van der Waals surface area contributed by atoms with Gasteiger partial charge in [-0.2, -0.15) is 4.31 Å². The first kappa shape index (κ1) is 23.5. The average Bonchev–Trinajstić information content (AvgIpc) is 2.80. The van der Waals surface area contributed by atoms with Gasteiger partial charge in [0.2, 0.25) is 15.9 Å². The van der Waals surface area contributed by atoms with Gasteiger partial charge in [0.1, 0.15) is 5.75 Å². The molecule has 1 atom stereocenters. The Kier molecular flexibility index (Phi) is 6.65. The predicted octanol–water partition coefficient (Wildman–Crippen LogP) is 3.80. The van der Waals surface area contributed by atoms with E-state index >= 15 is 0 Å². The molecular weight excluding hydrogens is 466 g/mol. The molecule has 0 aromatic heterocycles. The van der Waals surface area contributed by atoms with Gasteiger partial charge in [-0.15, -0.1) is 0 Å². The lowest BCUT2D eigenvalue weighted by atomic mass is 9.97. The topological polar surface area (TPSA) is 105 Å². The first-order valence-corrected chi connectivity index (χ1v) is 12.7. The van der Waals surface area contributed by atoms with Crippen molar-refractivity contribution < 1.29 is 22.7 Å². The number of aryl methyl sites for hydroxylation is 1. The highest BCUT2D eigenvalue weighted by Gasteiger charge is 2.34. The van der Waals surface area contributed by atoms with Crippen LogP contribution < -0.4 is 15.4 Å². The third kappa shape index (κ3) is 4.85. The summed E-state index contributed by atoms with van der Waals surface area (Å²) in [7, 11) is -3.78. The van der Waals surface area contributed by atoms with E-state index < -0.39 is 16.1 Å².